The van der Waals surface area contributed by atoms with E-state index in [1.54, 1.807) is 6.07 Å². The van der Waals surface area contributed by atoms with E-state index in [1.807, 2.05) is 11.0 Å². The Hall–Kier alpha value is -2.22. The SMILES string of the molecule is N#CCCN(c1cccc(C(=O)O)c1N)C1CC1. The molecule has 1 fully saturated rings. The third-order valence-electron chi connectivity index (χ3n) is 3.08. The normalized spacial score (nSPS) is 13.9. The molecule has 0 spiro atoms. The van der Waals surface area contributed by atoms with Crippen LogP contribution in [0.1, 0.15) is 29.6 Å². The first kappa shape index (κ1) is 12.2. The van der Waals surface area contributed by atoms with Gasteiger partial charge in [-0.05, 0) is 25.0 Å². The van der Waals surface area contributed by atoms with Gasteiger partial charge in [-0.3, -0.25) is 0 Å². The number of para-hydroxylation sites is 1. The summed E-state index contributed by atoms with van der Waals surface area (Å²) in [6.45, 7) is 0.592. The van der Waals surface area contributed by atoms with Gasteiger partial charge in [-0.25, -0.2) is 4.79 Å². The molecule has 1 saturated carbocycles. The lowest BCUT2D eigenvalue weighted by Crippen LogP contribution is -2.28. The molecular formula is C13H15N3O2. The number of carboxylic acid groups (broad SMARTS) is 1. The van der Waals surface area contributed by atoms with Gasteiger partial charge in [-0.1, -0.05) is 6.07 Å². The molecule has 0 amide bonds. The highest BCUT2D eigenvalue weighted by molar-refractivity contribution is 5.97. The summed E-state index contributed by atoms with van der Waals surface area (Å²) in [7, 11) is 0. The molecule has 2 rings (SSSR count). The van der Waals surface area contributed by atoms with Crippen LogP contribution in [0, 0.1) is 11.3 Å². The number of nitrogen functional groups attached to an aromatic ring is 1. The highest BCUT2D eigenvalue weighted by Crippen LogP contribution is 2.36. The van der Waals surface area contributed by atoms with E-state index in [0.29, 0.717) is 19.0 Å². The van der Waals surface area contributed by atoms with Crippen LogP contribution in [0.5, 0.6) is 0 Å². The first-order chi connectivity index (χ1) is 8.65. The van der Waals surface area contributed by atoms with Gasteiger partial charge in [0, 0.05) is 12.6 Å². The maximum Gasteiger partial charge on any atom is 0.337 e. The third-order valence-corrected chi connectivity index (χ3v) is 3.08. The Balaban J connectivity index is 2.32. The number of rotatable bonds is 5. The zero-order chi connectivity index (χ0) is 13.1. The molecule has 0 aliphatic heterocycles. The molecule has 18 heavy (non-hydrogen) atoms. The highest BCUT2D eigenvalue weighted by Gasteiger charge is 2.30. The monoisotopic (exact) mass is 245 g/mol. The van der Waals surface area contributed by atoms with Crippen LogP contribution in [0.4, 0.5) is 11.4 Å². The van der Waals surface area contributed by atoms with Crippen LogP contribution < -0.4 is 10.6 Å². The predicted octanol–water partition coefficient (Wildman–Crippen LogP) is 1.85. The van der Waals surface area contributed by atoms with Crippen molar-refractivity contribution >= 4 is 17.3 Å². The van der Waals surface area contributed by atoms with E-state index >= 15 is 0 Å². The molecule has 5 nitrogen and oxygen atoms in total. The van der Waals surface area contributed by atoms with Crippen molar-refractivity contribution in [3.8, 4) is 6.07 Å². The van der Waals surface area contributed by atoms with Gasteiger partial charge >= 0.3 is 5.97 Å². The summed E-state index contributed by atoms with van der Waals surface area (Å²) in [6.07, 6.45) is 2.55. The molecule has 3 N–H and O–H groups in total. The quantitative estimate of drug-likeness (QED) is 0.772. The van der Waals surface area contributed by atoms with Gasteiger partial charge in [-0.15, -0.1) is 0 Å². The van der Waals surface area contributed by atoms with E-state index < -0.39 is 5.97 Å². The standard InChI is InChI=1S/C13H15N3O2/c14-7-2-8-16(9-5-6-9)11-4-1-3-10(12(11)15)13(17)18/h1,3-4,9H,2,5-6,8,15H2,(H,17,18). The van der Waals surface area contributed by atoms with Crippen LogP contribution in [-0.2, 0) is 0 Å². The molecule has 1 aromatic carbocycles. The van der Waals surface area contributed by atoms with Crippen molar-refractivity contribution in [3.63, 3.8) is 0 Å². The van der Waals surface area contributed by atoms with Gasteiger partial charge in [0.1, 0.15) is 0 Å². The van der Waals surface area contributed by atoms with Crippen LogP contribution in [0.2, 0.25) is 0 Å². The number of benzene rings is 1. The number of carbonyl (C=O) groups is 1. The second-order valence-corrected chi connectivity index (χ2v) is 4.38. The largest absolute Gasteiger partial charge is 0.478 e. The second-order valence-electron chi connectivity index (χ2n) is 4.38. The second kappa shape index (κ2) is 4.96. The average molecular weight is 245 g/mol. The Bertz CT molecular complexity index is 503. The lowest BCUT2D eigenvalue weighted by Gasteiger charge is -2.25. The summed E-state index contributed by atoms with van der Waals surface area (Å²) < 4.78 is 0. The van der Waals surface area contributed by atoms with Gasteiger partial charge in [-0.2, -0.15) is 5.26 Å². The van der Waals surface area contributed by atoms with Gasteiger partial charge < -0.3 is 15.7 Å². The summed E-state index contributed by atoms with van der Waals surface area (Å²) in [5, 5.41) is 17.7. The number of nitriles is 1. The fourth-order valence-electron chi connectivity index (χ4n) is 2.05. The Morgan fingerprint density at radius 1 is 1.56 bits per heavy atom. The number of anilines is 2. The van der Waals surface area contributed by atoms with Gasteiger partial charge in [0.05, 0.1) is 29.4 Å². The maximum absolute atomic E-state index is 11.0. The molecule has 1 aliphatic rings. The van der Waals surface area contributed by atoms with Crippen molar-refractivity contribution in [1.29, 1.82) is 5.26 Å². The third kappa shape index (κ3) is 2.38. The molecule has 0 atom stereocenters. The van der Waals surface area contributed by atoms with E-state index in [2.05, 4.69) is 6.07 Å². The lowest BCUT2D eigenvalue weighted by molar-refractivity contribution is 0.0698. The van der Waals surface area contributed by atoms with Crippen LogP contribution in [0.25, 0.3) is 0 Å². The number of hydrogen-bond donors (Lipinski definition) is 2. The van der Waals surface area contributed by atoms with Crippen molar-refractivity contribution in [2.75, 3.05) is 17.2 Å². The van der Waals surface area contributed by atoms with Crippen molar-refractivity contribution < 1.29 is 9.90 Å². The summed E-state index contributed by atoms with van der Waals surface area (Å²) in [6, 6.07) is 7.51. The molecule has 0 bridgehead atoms. The molecule has 0 aromatic heterocycles. The summed E-state index contributed by atoms with van der Waals surface area (Å²) in [5.74, 6) is -1.02. The topological polar surface area (TPSA) is 90.3 Å². The van der Waals surface area contributed by atoms with Crippen LogP contribution in [-0.4, -0.2) is 23.7 Å². The minimum absolute atomic E-state index is 0.120. The zero-order valence-corrected chi connectivity index (χ0v) is 9.97. The molecule has 1 aliphatic carbocycles. The summed E-state index contributed by atoms with van der Waals surface area (Å²) >= 11 is 0. The van der Waals surface area contributed by atoms with Gasteiger partial charge in [0.25, 0.3) is 0 Å². The average Bonchev–Trinajstić information content (AvgIpc) is 3.15. The molecule has 0 heterocycles. The van der Waals surface area contributed by atoms with E-state index in [0.717, 1.165) is 18.5 Å². The zero-order valence-electron chi connectivity index (χ0n) is 9.97. The number of carboxylic acids is 1. The Kier molecular flexibility index (Phi) is 3.38. The van der Waals surface area contributed by atoms with E-state index in [9.17, 15) is 4.79 Å². The molecule has 0 unspecified atom stereocenters. The highest BCUT2D eigenvalue weighted by atomic mass is 16.4. The smallest absolute Gasteiger partial charge is 0.337 e. The van der Waals surface area contributed by atoms with E-state index in [1.165, 1.54) is 6.07 Å². The first-order valence-corrected chi connectivity index (χ1v) is 5.90. The number of nitrogens with zero attached hydrogens (tertiary/aromatic N) is 2. The lowest BCUT2D eigenvalue weighted by atomic mass is 10.1. The van der Waals surface area contributed by atoms with E-state index in [4.69, 9.17) is 16.1 Å². The number of aromatic carboxylic acids is 1. The van der Waals surface area contributed by atoms with Crippen molar-refractivity contribution in [2.24, 2.45) is 0 Å². The fourth-order valence-corrected chi connectivity index (χ4v) is 2.05. The maximum atomic E-state index is 11.0. The van der Waals surface area contributed by atoms with Crippen LogP contribution in [0.3, 0.4) is 0 Å². The fraction of sp³-hybridized carbons (Fsp3) is 0.385. The van der Waals surface area contributed by atoms with Crippen molar-refractivity contribution in [2.45, 2.75) is 25.3 Å². The van der Waals surface area contributed by atoms with Crippen molar-refractivity contribution in [3.05, 3.63) is 23.8 Å². The van der Waals surface area contributed by atoms with Crippen LogP contribution >= 0.6 is 0 Å². The Morgan fingerprint density at radius 3 is 2.83 bits per heavy atom. The minimum atomic E-state index is -1.02. The van der Waals surface area contributed by atoms with Crippen molar-refractivity contribution in [1.82, 2.24) is 0 Å². The molecule has 94 valence electrons. The molecule has 1 aromatic rings. The van der Waals surface area contributed by atoms with E-state index in [-0.39, 0.29) is 11.3 Å². The molecular weight excluding hydrogens is 230 g/mol. The molecule has 5 heteroatoms. The summed E-state index contributed by atoms with van der Waals surface area (Å²) in [5.41, 5.74) is 7.05. The molecule has 0 radical (unpaired) electrons. The Morgan fingerprint density at radius 2 is 2.28 bits per heavy atom. The predicted molar refractivity (Wildman–Crippen MR) is 68.4 cm³/mol. The Labute approximate surface area is 105 Å². The first-order valence-electron chi connectivity index (χ1n) is 5.90. The number of nitrogens with two attached hydrogens (primary N) is 1. The van der Waals surface area contributed by atoms with Gasteiger partial charge in [0.2, 0.25) is 0 Å². The minimum Gasteiger partial charge on any atom is -0.478 e. The van der Waals surface area contributed by atoms with Crippen LogP contribution in [0.15, 0.2) is 18.2 Å². The molecule has 0 saturated heterocycles. The van der Waals surface area contributed by atoms with Gasteiger partial charge in [0.15, 0.2) is 0 Å². The number of hydrogen-bond acceptors (Lipinski definition) is 4. The summed E-state index contributed by atoms with van der Waals surface area (Å²) in [4.78, 5) is 13.1.